The fourth-order valence-electron chi connectivity index (χ4n) is 2.58. The molecule has 1 aromatic heterocycles. The Morgan fingerprint density at radius 2 is 1.93 bits per heavy atom. The van der Waals surface area contributed by atoms with E-state index in [9.17, 15) is 18.4 Å². The number of hydrogen-bond acceptors (Lipinski definition) is 4. The standard InChI is InChI=1S/C20H17F2N3O2S/c1-3-11-25-19(27)13-7-4-5-10-16(13)23-20(25)28-12(2)18(26)24-17-14(21)8-6-9-15(17)22/h3-10,12H,1,11H2,2H3,(H,24,26)/t12-/m0/s1. The lowest BCUT2D eigenvalue weighted by Crippen LogP contribution is -2.27. The van der Waals surface area contributed by atoms with Gasteiger partial charge in [-0.05, 0) is 31.2 Å². The van der Waals surface area contributed by atoms with Crippen LogP contribution in [-0.4, -0.2) is 20.7 Å². The number of amides is 1. The quantitative estimate of drug-likeness (QED) is 0.386. The van der Waals surface area contributed by atoms with E-state index in [1.807, 2.05) is 0 Å². The first-order valence-corrected chi connectivity index (χ1v) is 9.32. The molecule has 2 aromatic carbocycles. The van der Waals surface area contributed by atoms with E-state index in [4.69, 9.17) is 0 Å². The predicted molar refractivity (Wildman–Crippen MR) is 107 cm³/mol. The maximum Gasteiger partial charge on any atom is 0.262 e. The van der Waals surface area contributed by atoms with E-state index >= 15 is 0 Å². The lowest BCUT2D eigenvalue weighted by Gasteiger charge is -2.16. The number of rotatable bonds is 6. The highest BCUT2D eigenvalue weighted by atomic mass is 32.2. The van der Waals surface area contributed by atoms with Crippen molar-refractivity contribution in [2.24, 2.45) is 0 Å². The summed E-state index contributed by atoms with van der Waals surface area (Å²) in [6.45, 7) is 5.43. The molecule has 3 aromatic rings. The molecule has 0 aliphatic carbocycles. The zero-order valence-electron chi connectivity index (χ0n) is 15.0. The molecular formula is C20H17F2N3O2S. The molecule has 0 radical (unpaired) electrons. The van der Waals surface area contributed by atoms with Crippen molar-refractivity contribution in [2.75, 3.05) is 5.32 Å². The molecule has 8 heteroatoms. The Labute approximate surface area is 164 Å². The topological polar surface area (TPSA) is 64.0 Å². The summed E-state index contributed by atoms with van der Waals surface area (Å²) in [4.78, 5) is 29.6. The van der Waals surface area contributed by atoms with Crippen LogP contribution in [0.2, 0.25) is 0 Å². The highest BCUT2D eigenvalue weighted by Gasteiger charge is 2.21. The number of nitrogens with one attached hydrogen (secondary N) is 1. The third-order valence-corrected chi connectivity index (χ3v) is 5.09. The van der Waals surface area contributed by atoms with E-state index in [0.29, 0.717) is 16.1 Å². The third kappa shape index (κ3) is 3.96. The number of aromatic nitrogens is 2. The largest absolute Gasteiger partial charge is 0.320 e. The van der Waals surface area contributed by atoms with Crippen molar-refractivity contribution in [1.29, 1.82) is 0 Å². The van der Waals surface area contributed by atoms with Crippen LogP contribution in [0.4, 0.5) is 14.5 Å². The van der Waals surface area contributed by atoms with Crippen LogP contribution in [0.1, 0.15) is 6.92 Å². The van der Waals surface area contributed by atoms with Gasteiger partial charge in [-0.15, -0.1) is 6.58 Å². The molecule has 5 nitrogen and oxygen atoms in total. The Hall–Kier alpha value is -3.00. The average molecular weight is 401 g/mol. The lowest BCUT2D eigenvalue weighted by molar-refractivity contribution is -0.115. The van der Waals surface area contributed by atoms with Crippen LogP contribution < -0.4 is 10.9 Å². The van der Waals surface area contributed by atoms with E-state index in [-0.39, 0.29) is 12.1 Å². The normalized spacial score (nSPS) is 12.0. The molecule has 28 heavy (non-hydrogen) atoms. The fourth-order valence-corrected chi connectivity index (χ4v) is 3.50. The second-order valence-electron chi connectivity index (χ2n) is 5.96. The molecule has 0 spiro atoms. The van der Waals surface area contributed by atoms with Crippen LogP contribution in [0, 0.1) is 11.6 Å². The number of anilines is 1. The van der Waals surface area contributed by atoms with Crippen molar-refractivity contribution in [3.05, 3.63) is 77.1 Å². The molecule has 1 heterocycles. The van der Waals surface area contributed by atoms with Crippen molar-refractivity contribution >= 4 is 34.3 Å². The molecule has 3 rings (SSSR count). The maximum atomic E-state index is 13.8. The summed E-state index contributed by atoms with van der Waals surface area (Å²) < 4.78 is 28.9. The van der Waals surface area contributed by atoms with Gasteiger partial charge in [-0.25, -0.2) is 13.8 Å². The molecule has 0 unspecified atom stereocenters. The fraction of sp³-hybridized carbons (Fsp3) is 0.150. The summed E-state index contributed by atoms with van der Waals surface area (Å²) in [7, 11) is 0. The van der Waals surface area contributed by atoms with Crippen LogP contribution >= 0.6 is 11.8 Å². The highest BCUT2D eigenvalue weighted by molar-refractivity contribution is 8.00. The highest BCUT2D eigenvalue weighted by Crippen LogP contribution is 2.25. The van der Waals surface area contributed by atoms with Gasteiger partial charge >= 0.3 is 0 Å². The van der Waals surface area contributed by atoms with Crippen LogP contribution in [0.5, 0.6) is 0 Å². The van der Waals surface area contributed by atoms with Gasteiger partial charge in [-0.1, -0.05) is 36.0 Å². The smallest absolute Gasteiger partial charge is 0.262 e. The second-order valence-corrected chi connectivity index (χ2v) is 7.27. The maximum absolute atomic E-state index is 13.8. The van der Waals surface area contributed by atoms with E-state index in [1.54, 1.807) is 37.3 Å². The Kier molecular flexibility index (Phi) is 5.89. The Bertz CT molecular complexity index is 1090. The summed E-state index contributed by atoms with van der Waals surface area (Å²) in [6, 6.07) is 10.2. The van der Waals surface area contributed by atoms with E-state index in [1.165, 1.54) is 10.6 Å². The third-order valence-electron chi connectivity index (χ3n) is 4.00. The molecule has 0 saturated heterocycles. The minimum Gasteiger partial charge on any atom is -0.320 e. The molecule has 0 bridgehead atoms. The van der Waals surface area contributed by atoms with Gasteiger partial charge in [0, 0.05) is 6.54 Å². The summed E-state index contributed by atoms with van der Waals surface area (Å²) in [5.41, 5.74) is -0.251. The first-order chi connectivity index (χ1) is 13.4. The predicted octanol–water partition coefficient (Wildman–Crippen LogP) is 3.98. The number of benzene rings is 2. The monoisotopic (exact) mass is 401 g/mol. The van der Waals surface area contributed by atoms with Gasteiger partial charge in [0.15, 0.2) is 5.16 Å². The van der Waals surface area contributed by atoms with Crippen molar-refractivity contribution in [3.8, 4) is 0 Å². The lowest BCUT2D eigenvalue weighted by atomic mass is 10.2. The Morgan fingerprint density at radius 3 is 2.61 bits per heavy atom. The molecular weight excluding hydrogens is 384 g/mol. The second kappa shape index (κ2) is 8.35. The van der Waals surface area contributed by atoms with Gasteiger partial charge in [0.25, 0.3) is 5.56 Å². The minimum absolute atomic E-state index is 0.218. The number of carbonyl (C=O) groups excluding carboxylic acids is 1. The SMILES string of the molecule is C=CCn1c(S[C@@H](C)C(=O)Nc2c(F)cccc2F)nc2ccccc2c1=O. The van der Waals surface area contributed by atoms with Crippen LogP contribution in [0.15, 0.2) is 65.1 Å². The van der Waals surface area contributed by atoms with Gasteiger partial charge in [0.05, 0.1) is 16.2 Å². The van der Waals surface area contributed by atoms with Crippen molar-refractivity contribution in [2.45, 2.75) is 23.9 Å². The number of nitrogens with zero attached hydrogens (tertiary/aromatic N) is 2. The number of carbonyl (C=O) groups is 1. The van der Waals surface area contributed by atoms with Crippen LogP contribution in [0.3, 0.4) is 0 Å². The Balaban J connectivity index is 1.91. The first kappa shape index (κ1) is 19.8. The summed E-state index contributed by atoms with van der Waals surface area (Å²) in [6.07, 6.45) is 1.56. The first-order valence-electron chi connectivity index (χ1n) is 8.44. The average Bonchev–Trinajstić information content (AvgIpc) is 2.67. The summed E-state index contributed by atoms with van der Waals surface area (Å²) >= 11 is 1.03. The minimum atomic E-state index is -0.863. The molecule has 1 atom stereocenters. The van der Waals surface area contributed by atoms with Crippen molar-refractivity contribution in [1.82, 2.24) is 9.55 Å². The summed E-state index contributed by atoms with van der Waals surface area (Å²) in [5, 5.41) is 2.27. The molecule has 0 aliphatic rings. The molecule has 1 N–H and O–H groups in total. The number of para-hydroxylation sites is 2. The molecule has 1 amide bonds. The molecule has 144 valence electrons. The van der Waals surface area contributed by atoms with Gasteiger partial charge in [0.2, 0.25) is 5.91 Å². The molecule has 0 aliphatic heterocycles. The van der Waals surface area contributed by atoms with Crippen molar-refractivity contribution in [3.63, 3.8) is 0 Å². The summed E-state index contributed by atoms with van der Waals surface area (Å²) in [5.74, 6) is -2.34. The van der Waals surface area contributed by atoms with Gasteiger partial charge in [0.1, 0.15) is 17.3 Å². The number of halogens is 2. The zero-order valence-corrected chi connectivity index (χ0v) is 15.8. The van der Waals surface area contributed by atoms with Crippen LogP contribution in [0.25, 0.3) is 10.9 Å². The van der Waals surface area contributed by atoms with E-state index in [2.05, 4.69) is 16.9 Å². The van der Waals surface area contributed by atoms with Gasteiger partial charge < -0.3 is 5.32 Å². The number of allylic oxidation sites excluding steroid dienone is 1. The number of hydrogen-bond donors (Lipinski definition) is 1. The van der Waals surface area contributed by atoms with Crippen LogP contribution in [-0.2, 0) is 11.3 Å². The molecule has 0 saturated carbocycles. The van der Waals surface area contributed by atoms with Crippen molar-refractivity contribution < 1.29 is 13.6 Å². The zero-order chi connectivity index (χ0) is 20.3. The van der Waals surface area contributed by atoms with Gasteiger partial charge in [-0.2, -0.15) is 0 Å². The van der Waals surface area contributed by atoms with E-state index < -0.39 is 28.5 Å². The van der Waals surface area contributed by atoms with E-state index in [0.717, 1.165) is 23.9 Å². The van der Waals surface area contributed by atoms with Gasteiger partial charge in [-0.3, -0.25) is 14.2 Å². The Morgan fingerprint density at radius 1 is 1.25 bits per heavy atom. The number of fused-ring (bicyclic) bond motifs is 1. The number of thioether (sulfide) groups is 1. The molecule has 0 fully saturated rings.